The molecule has 9 heteroatoms. The van der Waals surface area contributed by atoms with Gasteiger partial charge in [0, 0.05) is 0 Å². The van der Waals surface area contributed by atoms with Gasteiger partial charge < -0.3 is 8.94 Å². The Labute approximate surface area is 180 Å². The molecule has 0 spiro atoms. The number of hydrogen-bond donors (Lipinski definition) is 0. The van der Waals surface area contributed by atoms with Gasteiger partial charge in [-0.2, -0.15) is 4.98 Å². The second-order valence-electron chi connectivity index (χ2n) is 6.64. The van der Waals surface area contributed by atoms with Crippen molar-refractivity contribution in [2.45, 2.75) is 17.5 Å². The number of halogens is 1. The van der Waals surface area contributed by atoms with E-state index in [1.165, 1.54) is 17.8 Å². The van der Waals surface area contributed by atoms with Crippen molar-refractivity contribution in [3.63, 3.8) is 0 Å². The number of furan rings is 1. The Kier molecular flexibility index (Phi) is 5.32. The third kappa shape index (κ3) is 4.13. The highest BCUT2D eigenvalue weighted by Gasteiger charge is 2.19. The highest BCUT2D eigenvalue weighted by atomic mass is 32.2. The predicted molar refractivity (Wildman–Crippen MR) is 113 cm³/mol. The molecule has 5 rings (SSSR count). The van der Waals surface area contributed by atoms with Crippen molar-refractivity contribution in [1.29, 1.82) is 0 Å². The highest BCUT2D eigenvalue weighted by molar-refractivity contribution is 7.98. The Hall–Kier alpha value is -3.72. The fourth-order valence-corrected chi connectivity index (χ4v) is 3.87. The van der Waals surface area contributed by atoms with Gasteiger partial charge in [0.2, 0.25) is 0 Å². The molecule has 2 aromatic carbocycles. The summed E-state index contributed by atoms with van der Waals surface area (Å²) < 4.78 is 26.9. The minimum Gasteiger partial charge on any atom is -0.459 e. The van der Waals surface area contributed by atoms with E-state index in [1.807, 2.05) is 34.9 Å². The minimum absolute atomic E-state index is 0.318. The quantitative estimate of drug-likeness (QED) is 0.332. The molecule has 0 aliphatic heterocycles. The molecule has 0 unspecified atom stereocenters. The van der Waals surface area contributed by atoms with Crippen molar-refractivity contribution < 1.29 is 13.3 Å². The van der Waals surface area contributed by atoms with Crippen molar-refractivity contribution >= 4 is 11.8 Å². The van der Waals surface area contributed by atoms with E-state index in [9.17, 15) is 4.39 Å². The number of rotatable bonds is 7. The van der Waals surface area contributed by atoms with E-state index in [2.05, 4.69) is 20.3 Å². The highest BCUT2D eigenvalue weighted by Crippen LogP contribution is 2.29. The summed E-state index contributed by atoms with van der Waals surface area (Å²) in [5, 5.41) is 13.2. The smallest absolute Gasteiger partial charge is 0.293 e. The van der Waals surface area contributed by atoms with Crippen LogP contribution in [-0.2, 0) is 12.3 Å². The van der Waals surface area contributed by atoms with Crippen LogP contribution in [0.5, 0.6) is 0 Å². The van der Waals surface area contributed by atoms with Gasteiger partial charge in [-0.15, -0.1) is 10.2 Å². The van der Waals surface area contributed by atoms with E-state index in [4.69, 9.17) is 8.94 Å². The van der Waals surface area contributed by atoms with E-state index >= 15 is 0 Å². The monoisotopic (exact) mass is 433 g/mol. The first-order valence-corrected chi connectivity index (χ1v) is 10.5. The fraction of sp³-hybridized carbons (Fsp3) is 0.0909. The van der Waals surface area contributed by atoms with Crippen LogP contribution in [0.4, 0.5) is 4.39 Å². The van der Waals surface area contributed by atoms with Crippen molar-refractivity contribution in [2.24, 2.45) is 0 Å². The molecule has 0 saturated carbocycles. The molecule has 0 atom stereocenters. The molecule has 31 heavy (non-hydrogen) atoms. The Bertz CT molecular complexity index is 1280. The topological polar surface area (TPSA) is 82.8 Å². The molecular formula is C22H16FN5O2S. The van der Waals surface area contributed by atoms with Gasteiger partial charge in [-0.25, -0.2) is 4.39 Å². The summed E-state index contributed by atoms with van der Waals surface area (Å²) in [6.07, 6.45) is 1.55. The zero-order chi connectivity index (χ0) is 21.0. The second-order valence-corrected chi connectivity index (χ2v) is 7.58. The van der Waals surface area contributed by atoms with E-state index < -0.39 is 0 Å². The standard InChI is InChI=1S/C22H16FN5O2S/c23-17-10-5-4-9-16(17)20-25-26-22(28(20)13-15-7-2-1-3-8-15)31-14-19-24-21(30-27-19)18-11-6-12-29-18/h1-12H,13-14H2. The number of aromatic nitrogens is 5. The molecule has 0 saturated heterocycles. The van der Waals surface area contributed by atoms with Crippen molar-refractivity contribution in [2.75, 3.05) is 0 Å². The van der Waals surface area contributed by atoms with Gasteiger partial charge in [0.25, 0.3) is 5.89 Å². The summed E-state index contributed by atoms with van der Waals surface area (Å²) in [7, 11) is 0. The zero-order valence-electron chi connectivity index (χ0n) is 16.2. The Morgan fingerprint density at radius 3 is 2.58 bits per heavy atom. The first-order chi connectivity index (χ1) is 15.3. The number of nitrogens with zero attached hydrogens (tertiary/aromatic N) is 5. The lowest BCUT2D eigenvalue weighted by Crippen LogP contribution is -2.05. The molecule has 0 radical (unpaired) electrons. The van der Waals surface area contributed by atoms with Gasteiger partial charge in [-0.05, 0) is 29.8 Å². The Balaban J connectivity index is 1.43. The van der Waals surface area contributed by atoms with E-state index in [1.54, 1.807) is 36.6 Å². The maximum Gasteiger partial charge on any atom is 0.293 e. The fourth-order valence-electron chi connectivity index (χ4n) is 3.09. The Morgan fingerprint density at radius 2 is 1.77 bits per heavy atom. The van der Waals surface area contributed by atoms with Crippen LogP contribution in [0.25, 0.3) is 23.0 Å². The average molecular weight is 433 g/mol. The maximum atomic E-state index is 14.5. The zero-order valence-corrected chi connectivity index (χ0v) is 17.0. The molecular weight excluding hydrogens is 417 g/mol. The van der Waals surface area contributed by atoms with E-state index in [-0.39, 0.29) is 5.82 Å². The SMILES string of the molecule is Fc1ccccc1-c1nnc(SCc2noc(-c3ccco3)n2)n1Cc1ccccc1. The largest absolute Gasteiger partial charge is 0.459 e. The van der Waals surface area contributed by atoms with Crippen LogP contribution in [0.15, 0.2) is 87.1 Å². The lowest BCUT2D eigenvalue weighted by molar-refractivity contribution is 0.411. The van der Waals surface area contributed by atoms with Gasteiger partial charge in [0.05, 0.1) is 24.1 Å². The van der Waals surface area contributed by atoms with E-state index in [0.717, 1.165) is 5.56 Å². The third-order valence-corrected chi connectivity index (χ3v) is 5.51. The molecule has 154 valence electrons. The van der Waals surface area contributed by atoms with Crippen LogP contribution in [0, 0.1) is 5.82 Å². The molecule has 0 fully saturated rings. The lowest BCUT2D eigenvalue weighted by atomic mass is 10.2. The van der Waals surface area contributed by atoms with Gasteiger partial charge >= 0.3 is 0 Å². The van der Waals surface area contributed by atoms with Gasteiger partial charge in [-0.3, -0.25) is 4.57 Å². The number of hydrogen-bond acceptors (Lipinski definition) is 7. The molecule has 3 heterocycles. The minimum atomic E-state index is -0.345. The van der Waals surface area contributed by atoms with Gasteiger partial charge in [0.15, 0.2) is 22.6 Å². The summed E-state index contributed by atoms with van der Waals surface area (Å²) in [6, 6.07) is 19.9. The summed E-state index contributed by atoms with van der Waals surface area (Å²) >= 11 is 1.40. The molecule has 0 N–H and O–H groups in total. The predicted octanol–water partition coefficient (Wildman–Crippen LogP) is 5.07. The van der Waals surface area contributed by atoms with Crippen LogP contribution in [0.1, 0.15) is 11.4 Å². The first-order valence-electron chi connectivity index (χ1n) is 9.49. The molecule has 0 amide bonds. The van der Waals surface area contributed by atoms with Gasteiger partial charge in [-0.1, -0.05) is 59.4 Å². The van der Waals surface area contributed by atoms with E-state index in [0.29, 0.717) is 46.3 Å². The molecule has 5 aromatic rings. The van der Waals surface area contributed by atoms with Crippen molar-refractivity contribution in [1.82, 2.24) is 24.9 Å². The number of benzene rings is 2. The Morgan fingerprint density at radius 1 is 0.935 bits per heavy atom. The average Bonchev–Trinajstić information content (AvgIpc) is 3.55. The van der Waals surface area contributed by atoms with Gasteiger partial charge in [0.1, 0.15) is 5.82 Å². The van der Waals surface area contributed by atoms with Crippen LogP contribution in [-0.4, -0.2) is 24.9 Å². The molecule has 0 aliphatic rings. The van der Waals surface area contributed by atoms with Crippen molar-refractivity contribution in [3.8, 4) is 23.0 Å². The van der Waals surface area contributed by atoms with Crippen LogP contribution in [0.3, 0.4) is 0 Å². The molecule has 7 nitrogen and oxygen atoms in total. The molecule has 0 bridgehead atoms. The van der Waals surface area contributed by atoms with Crippen LogP contribution >= 0.6 is 11.8 Å². The summed E-state index contributed by atoms with van der Waals surface area (Å²) in [5.41, 5.74) is 1.46. The summed E-state index contributed by atoms with van der Waals surface area (Å²) in [6.45, 7) is 0.504. The van der Waals surface area contributed by atoms with Crippen LogP contribution < -0.4 is 0 Å². The molecule has 3 aromatic heterocycles. The molecule has 0 aliphatic carbocycles. The van der Waals surface area contributed by atoms with Crippen molar-refractivity contribution in [3.05, 3.63) is 90.2 Å². The van der Waals surface area contributed by atoms with Crippen LogP contribution in [0.2, 0.25) is 0 Å². The summed E-state index contributed by atoms with van der Waals surface area (Å²) in [5.74, 6) is 1.86. The summed E-state index contributed by atoms with van der Waals surface area (Å²) in [4.78, 5) is 4.35. The third-order valence-electron chi connectivity index (χ3n) is 4.55. The first kappa shape index (κ1) is 19.3. The second kappa shape index (κ2) is 8.57. The maximum absolute atomic E-state index is 14.5. The normalized spacial score (nSPS) is 11.1. The number of thioether (sulfide) groups is 1. The lowest BCUT2D eigenvalue weighted by Gasteiger charge is -2.10.